The monoisotopic (exact) mass is 377 g/mol. The molecule has 3 rings (SSSR count). The van der Waals surface area contributed by atoms with Crippen LogP contribution >= 0.6 is 0 Å². The van der Waals surface area contributed by atoms with Gasteiger partial charge in [0.25, 0.3) is 0 Å². The molecule has 1 aromatic heterocycles. The Kier molecular flexibility index (Phi) is 5.76. The number of ketones is 1. The van der Waals surface area contributed by atoms with Crippen LogP contribution in [0.25, 0.3) is 0 Å². The van der Waals surface area contributed by atoms with Gasteiger partial charge in [0.05, 0.1) is 6.10 Å². The molecule has 5 nitrogen and oxygen atoms in total. The summed E-state index contributed by atoms with van der Waals surface area (Å²) in [5.41, 5.74) is 3.30. The fraction of sp³-hybridized carbons (Fsp3) is 0.217. The molecule has 1 heterocycles. The van der Waals surface area contributed by atoms with E-state index in [1.54, 1.807) is 69.3 Å². The molecule has 5 heteroatoms. The van der Waals surface area contributed by atoms with Crippen molar-refractivity contribution >= 4 is 11.8 Å². The van der Waals surface area contributed by atoms with E-state index in [1.165, 1.54) is 0 Å². The lowest BCUT2D eigenvalue weighted by molar-refractivity contribution is 0.0274. The molecular weight excluding hydrogens is 354 g/mol. The van der Waals surface area contributed by atoms with Crippen LogP contribution in [-0.4, -0.2) is 21.8 Å². The summed E-state index contributed by atoms with van der Waals surface area (Å²) < 4.78 is 5.67. The first-order valence-electron chi connectivity index (χ1n) is 9.12. The Morgan fingerprint density at radius 3 is 2.07 bits per heavy atom. The minimum atomic E-state index is -1.06. The number of aryl methyl sites for hydroxylation is 1. The number of aromatic amines is 1. The zero-order valence-electron chi connectivity index (χ0n) is 16.1. The predicted molar refractivity (Wildman–Crippen MR) is 106 cm³/mol. The molecule has 0 saturated carbocycles. The van der Waals surface area contributed by atoms with Gasteiger partial charge in [0.2, 0.25) is 5.78 Å². The van der Waals surface area contributed by atoms with Crippen LogP contribution in [0.15, 0.2) is 60.7 Å². The highest BCUT2D eigenvalue weighted by Gasteiger charge is 2.29. The van der Waals surface area contributed by atoms with Crippen LogP contribution in [0.4, 0.5) is 0 Å². The van der Waals surface area contributed by atoms with Gasteiger partial charge in [-0.2, -0.15) is 0 Å². The van der Waals surface area contributed by atoms with Crippen molar-refractivity contribution in [1.29, 1.82) is 0 Å². The normalized spacial score (nSPS) is 13.0. The molecule has 28 heavy (non-hydrogen) atoms. The molecule has 0 spiro atoms. The third-order valence-corrected chi connectivity index (χ3v) is 4.74. The van der Waals surface area contributed by atoms with Gasteiger partial charge in [-0.1, -0.05) is 60.7 Å². The smallest absolute Gasteiger partial charge is 0.356 e. The summed E-state index contributed by atoms with van der Waals surface area (Å²) in [6, 6.07) is 17.7. The van der Waals surface area contributed by atoms with Crippen molar-refractivity contribution in [3.05, 3.63) is 94.3 Å². The fourth-order valence-corrected chi connectivity index (χ4v) is 3.42. The maximum atomic E-state index is 13.0. The molecule has 2 N–H and O–H groups in total. The summed E-state index contributed by atoms with van der Waals surface area (Å²) in [6.07, 6.45) is -1.78. The van der Waals surface area contributed by atoms with Gasteiger partial charge >= 0.3 is 5.97 Å². The largest absolute Gasteiger partial charge is 0.444 e. The highest BCUT2D eigenvalue weighted by atomic mass is 16.5. The number of ether oxygens (including phenoxy) is 1. The average molecular weight is 377 g/mol. The van der Waals surface area contributed by atoms with Crippen molar-refractivity contribution in [3.8, 4) is 0 Å². The van der Waals surface area contributed by atoms with Crippen LogP contribution in [0.5, 0.6) is 0 Å². The van der Waals surface area contributed by atoms with E-state index in [9.17, 15) is 14.7 Å². The Morgan fingerprint density at radius 2 is 1.54 bits per heavy atom. The van der Waals surface area contributed by atoms with Gasteiger partial charge in [0.15, 0.2) is 6.10 Å². The molecule has 0 aliphatic rings. The lowest BCUT2D eigenvalue weighted by atomic mass is 9.99. The van der Waals surface area contributed by atoms with Crippen molar-refractivity contribution < 1.29 is 19.4 Å². The molecule has 0 radical (unpaired) electrons. The zero-order valence-corrected chi connectivity index (χ0v) is 16.1. The Hall–Kier alpha value is -3.18. The summed E-state index contributed by atoms with van der Waals surface area (Å²) in [6.45, 7) is 5.18. The zero-order chi connectivity index (χ0) is 20.3. The van der Waals surface area contributed by atoms with Crippen molar-refractivity contribution in [1.82, 2.24) is 4.98 Å². The van der Waals surface area contributed by atoms with E-state index < -0.39 is 18.2 Å². The van der Waals surface area contributed by atoms with E-state index in [2.05, 4.69) is 4.98 Å². The number of rotatable bonds is 6. The van der Waals surface area contributed by atoms with Crippen LogP contribution in [0, 0.1) is 13.8 Å². The fourth-order valence-electron chi connectivity index (χ4n) is 3.42. The molecule has 2 atom stereocenters. The number of H-pyrrole nitrogens is 1. The minimum absolute atomic E-state index is 0.246. The van der Waals surface area contributed by atoms with E-state index in [0.717, 1.165) is 0 Å². The highest BCUT2D eigenvalue weighted by molar-refractivity contribution is 6.02. The number of benzene rings is 2. The molecule has 144 valence electrons. The summed E-state index contributed by atoms with van der Waals surface area (Å²) in [4.78, 5) is 28.9. The number of aromatic nitrogens is 1. The van der Waals surface area contributed by atoms with Crippen LogP contribution < -0.4 is 0 Å². The maximum absolute atomic E-state index is 13.0. The summed E-state index contributed by atoms with van der Waals surface area (Å²) in [7, 11) is 0. The molecular formula is C23H23NO4. The van der Waals surface area contributed by atoms with Crippen LogP contribution in [0.3, 0.4) is 0 Å². The first-order chi connectivity index (χ1) is 13.4. The molecule has 0 unspecified atom stereocenters. The summed E-state index contributed by atoms with van der Waals surface area (Å²) >= 11 is 0. The number of aliphatic hydroxyl groups is 1. The maximum Gasteiger partial charge on any atom is 0.356 e. The van der Waals surface area contributed by atoms with Gasteiger partial charge in [0.1, 0.15) is 5.69 Å². The van der Waals surface area contributed by atoms with Crippen molar-refractivity contribution in [2.75, 3.05) is 0 Å². The number of nitrogens with one attached hydrogen (secondary N) is 1. The van der Waals surface area contributed by atoms with Gasteiger partial charge in [-0.25, -0.2) is 4.79 Å². The van der Waals surface area contributed by atoms with Gasteiger partial charge in [-0.3, -0.25) is 4.79 Å². The minimum Gasteiger partial charge on any atom is -0.444 e. The molecule has 0 fully saturated rings. The van der Waals surface area contributed by atoms with E-state index >= 15 is 0 Å². The van der Waals surface area contributed by atoms with Crippen LogP contribution in [-0.2, 0) is 4.74 Å². The lowest BCUT2D eigenvalue weighted by Crippen LogP contribution is -2.21. The van der Waals surface area contributed by atoms with Gasteiger partial charge in [-0.05, 0) is 26.3 Å². The van der Waals surface area contributed by atoms with Crippen LogP contribution in [0.2, 0.25) is 0 Å². The number of esters is 1. The Balaban J connectivity index is 1.95. The van der Waals surface area contributed by atoms with Crippen molar-refractivity contribution in [2.45, 2.75) is 33.0 Å². The first kappa shape index (κ1) is 19.6. The summed E-state index contributed by atoms with van der Waals surface area (Å²) in [5, 5.41) is 9.95. The number of Topliss-reactive ketones (excluding diaryl/α,β-unsaturated/α-hetero) is 1. The van der Waals surface area contributed by atoms with E-state index in [-0.39, 0.29) is 11.5 Å². The number of carbonyl (C=O) groups is 2. The second-order valence-electron chi connectivity index (χ2n) is 6.77. The van der Waals surface area contributed by atoms with E-state index in [4.69, 9.17) is 4.74 Å². The van der Waals surface area contributed by atoms with Gasteiger partial charge in [0, 0.05) is 22.4 Å². The lowest BCUT2D eigenvalue weighted by Gasteiger charge is -2.17. The molecule has 0 bridgehead atoms. The Labute approximate surface area is 164 Å². The molecule has 2 aromatic carbocycles. The first-order valence-corrected chi connectivity index (χ1v) is 9.12. The third kappa shape index (κ3) is 3.89. The average Bonchev–Trinajstić information content (AvgIpc) is 3.01. The van der Waals surface area contributed by atoms with E-state index in [1.807, 2.05) is 12.1 Å². The molecule has 0 aliphatic heterocycles. The van der Waals surface area contributed by atoms with Crippen molar-refractivity contribution in [2.24, 2.45) is 0 Å². The number of hydrogen-bond donors (Lipinski definition) is 2. The van der Waals surface area contributed by atoms with E-state index in [0.29, 0.717) is 27.9 Å². The molecule has 0 amide bonds. The number of hydrogen-bond acceptors (Lipinski definition) is 4. The topological polar surface area (TPSA) is 79.4 Å². The van der Waals surface area contributed by atoms with Crippen molar-refractivity contribution in [3.63, 3.8) is 0 Å². The third-order valence-electron chi connectivity index (χ3n) is 4.74. The second-order valence-corrected chi connectivity index (χ2v) is 6.77. The predicted octanol–water partition coefficient (Wildman–Crippen LogP) is 4.47. The Bertz CT molecular complexity index is 975. The Morgan fingerprint density at radius 1 is 0.964 bits per heavy atom. The molecule has 0 saturated heterocycles. The molecule has 3 aromatic rings. The second kappa shape index (κ2) is 8.23. The highest BCUT2D eigenvalue weighted by Crippen LogP contribution is 2.28. The molecule has 0 aliphatic carbocycles. The summed E-state index contributed by atoms with van der Waals surface area (Å²) in [5.74, 6) is -0.928. The van der Waals surface area contributed by atoms with Gasteiger partial charge < -0.3 is 14.8 Å². The number of carbonyl (C=O) groups excluding carboxylic acids is 2. The standard InChI is InChI=1S/C23H23NO4/c1-14-19(16(3)25)15(2)24-20(14)23(27)28-22(18-12-8-5-9-13-18)21(26)17-10-6-4-7-11-17/h4-13,16,22,24-25H,1-3H3/t16-,22-/m1/s1. The number of aliphatic hydroxyl groups excluding tert-OH is 1. The van der Waals surface area contributed by atoms with Gasteiger partial charge in [-0.15, -0.1) is 0 Å². The quantitative estimate of drug-likeness (QED) is 0.491. The SMILES string of the molecule is Cc1[nH]c(C(=O)O[C@@H](C(=O)c2ccccc2)c2ccccc2)c(C)c1[C@@H](C)O. The van der Waals surface area contributed by atoms with Crippen LogP contribution in [0.1, 0.15) is 62.4 Å².